The third-order valence-corrected chi connectivity index (χ3v) is 4.21. The fourth-order valence-corrected chi connectivity index (χ4v) is 2.75. The summed E-state index contributed by atoms with van der Waals surface area (Å²) in [5.41, 5.74) is -5.86. The van der Waals surface area contributed by atoms with Crippen molar-refractivity contribution in [1.29, 1.82) is 0 Å². The van der Waals surface area contributed by atoms with Crippen LogP contribution in [-0.4, -0.2) is 34.6 Å². The molecule has 0 bridgehead atoms. The van der Waals surface area contributed by atoms with Gasteiger partial charge in [0.1, 0.15) is 0 Å². The molecule has 1 aliphatic rings. The molecule has 3 nitrogen and oxygen atoms in total. The van der Waals surface area contributed by atoms with Crippen LogP contribution in [-0.2, 0) is 9.53 Å². The molecule has 0 spiro atoms. The van der Waals surface area contributed by atoms with E-state index in [1.807, 2.05) is 0 Å². The molecule has 0 aliphatic heterocycles. The second-order valence-corrected chi connectivity index (χ2v) is 6.58. The first-order chi connectivity index (χ1) is 10.1. The molecule has 0 aromatic heterocycles. The topological polar surface area (TPSA) is 46.5 Å². The van der Waals surface area contributed by atoms with Gasteiger partial charge in [0.2, 0.25) is 0 Å². The molecule has 1 rings (SSSR count). The van der Waals surface area contributed by atoms with Gasteiger partial charge < -0.3 is 9.84 Å². The predicted octanol–water partition coefficient (Wildman–Crippen LogP) is 3.99. The van der Waals surface area contributed by atoms with Gasteiger partial charge in [-0.3, -0.25) is 4.79 Å². The zero-order chi connectivity index (χ0) is 18.3. The molecule has 9 heteroatoms. The number of hydrogen-bond acceptors (Lipinski definition) is 3. The lowest BCUT2D eigenvalue weighted by Gasteiger charge is -2.45. The highest BCUT2D eigenvalue weighted by atomic mass is 19.4. The number of aliphatic hydroxyl groups is 1. The number of carbonyl (C=O) groups excluding carboxylic acids is 1. The molecule has 0 heterocycles. The summed E-state index contributed by atoms with van der Waals surface area (Å²) in [6.07, 6.45) is -13.2. The maximum Gasteiger partial charge on any atom is 0.437 e. The van der Waals surface area contributed by atoms with Crippen LogP contribution in [0, 0.1) is 11.8 Å². The highest BCUT2D eigenvalue weighted by Crippen LogP contribution is 2.55. The van der Waals surface area contributed by atoms with Crippen molar-refractivity contribution in [3.63, 3.8) is 0 Å². The van der Waals surface area contributed by atoms with Crippen LogP contribution in [0.5, 0.6) is 0 Å². The summed E-state index contributed by atoms with van der Waals surface area (Å²) in [6.45, 7) is 3.67. The molecule has 0 aromatic rings. The van der Waals surface area contributed by atoms with Crippen molar-refractivity contribution >= 4 is 5.97 Å². The van der Waals surface area contributed by atoms with E-state index in [1.54, 1.807) is 0 Å². The third kappa shape index (κ3) is 3.92. The van der Waals surface area contributed by atoms with Crippen molar-refractivity contribution in [2.24, 2.45) is 11.8 Å². The van der Waals surface area contributed by atoms with Crippen molar-refractivity contribution in [1.82, 2.24) is 0 Å². The van der Waals surface area contributed by atoms with Gasteiger partial charge in [-0.1, -0.05) is 13.8 Å². The maximum absolute atomic E-state index is 13.4. The summed E-state index contributed by atoms with van der Waals surface area (Å²) >= 11 is 0. The summed E-state index contributed by atoms with van der Waals surface area (Å²) in [5.74, 6) is -4.67. The standard InChI is InChI=1S/C14H20F6O3/c1-8(2)10(21)23-12(13(15,16)17,14(18,19)20)9-4-6-11(3,22)7-5-9/h8-9,22H,4-7H2,1-3H3/t9-,11-. The molecule has 0 radical (unpaired) electrons. The Hall–Kier alpha value is -0.990. The monoisotopic (exact) mass is 350 g/mol. The average Bonchev–Trinajstić information content (AvgIpc) is 2.32. The zero-order valence-electron chi connectivity index (χ0n) is 13.0. The van der Waals surface area contributed by atoms with Crippen molar-refractivity contribution in [2.75, 3.05) is 0 Å². The number of esters is 1. The highest BCUT2D eigenvalue weighted by Gasteiger charge is 2.77. The second-order valence-electron chi connectivity index (χ2n) is 6.58. The van der Waals surface area contributed by atoms with E-state index in [1.165, 1.54) is 6.92 Å². The van der Waals surface area contributed by atoms with Gasteiger partial charge in [-0.15, -0.1) is 0 Å². The largest absolute Gasteiger partial charge is 0.439 e. The smallest absolute Gasteiger partial charge is 0.437 e. The lowest BCUT2D eigenvalue weighted by atomic mass is 9.71. The van der Waals surface area contributed by atoms with Crippen LogP contribution in [0.4, 0.5) is 26.3 Å². The van der Waals surface area contributed by atoms with E-state index in [4.69, 9.17) is 0 Å². The van der Waals surface area contributed by atoms with Crippen molar-refractivity contribution in [2.45, 2.75) is 70.0 Å². The molecule has 0 amide bonds. The fraction of sp³-hybridized carbons (Fsp3) is 0.929. The van der Waals surface area contributed by atoms with Crippen LogP contribution in [0.3, 0.4) is 0 Å². The molecule has 1 fully saturated rings. The SMILES string of the molecule is CC(C)C(=O)OC([C@H]1CC[C@](C)(O)CC1)(C(F)(F)F)C(F)(F)F. The van der Waals surface area contributed by atoms with Gasteiger partial charge in [-0.2, -0.15) is 26.3 Å². The van der Waals surface area contributed by atoms with Crippen molar-refractivity contribution in [3.05, 3.63) is 0 Å². The molecule has 23 heavy (non-hydrogen) atoms. The summed E-state index contributed by atoms with van der Waals surface area (Å²) in [4.78, 5) is 11.6. The van der Waals surface area contributed by atoms with Crippen LogP contribution in [0.25, 0.3) is 0 Å². The van der Waals surface area contributed by atoms with Gasteiger partial charge in [-0.05, 0) is 32.6 Å². The number of halogens is 6. The minimum absolute atomic E-state index is 0.231. The quantitative estimate of drug-likeness (QED) is 0.618. The molecule has 0 saturated heterocycles. The lowest BCUT2D eigenvalue weighted by molar-refractivity contribution is -0.389. The average molecular weight is 350 g/mol. The van der Waals surface area contributed by atoms with Crippen LogP contribution < -0.4 is 0 Å². The second kappa shape index (κ2) is 6.14. The first-order valence-electron chi connectivity index (χ1n) is 7.23. The molecule has 0 aromatic carbocycles. The van der Waals surface area contributed by atoms with E-state index in [0.717, 1.165) is 13.8 Å². The maximum atomic E-state index is 13.4. The molecule has 136 valence electrons. The van der Waals surface area contributed by atoms with Gasteiger partial charge >= 0.3 is 23.9 Å². The van der Waals surface area contributed by atoms with E-state index < -0.39 is 54.2 Å². The first-order valence-corrected chi connectivity index (χ1v) is 7.23. The number of carbonyl (C=O) groups is 1. The number of alkyl halides is 6. The molecule has 0 atom stereocenters. The van der Waals surface area contributed by atoms with E-state index >= 15 is 0 Å². The molecule has 1 N–H and O–H groups in total. The molecule has 1 aliphatic carbocycles. The Bertz CT molecular complexity index is 415. The minimum Gasteiger partial charge on any atom is -0.439 e. The van der Waals surface area contributed by atoms with Crippen molar-refractivity contribution in [3.8, 4) is 0 Å². The van der Waals surface area contributed by atoms with Gasteiger partial charge in [0.05, 0.1) is 11.5 Å². The fourth-order valence-electron chi connectivity index (χ4n) is 2.75. The number of ether oxygens (including phenoxy) is 1. The highest BCUT2D eigenvalue weighted by molar-refractivity contribution is 5.72. The Morgan fingerprint density at radius 3 is 1.78 bits per heavy atom. The Kier molecular flexibility index (Phi) is 5.36. The Morgan fingerprint density at radius 1 is 1.09 bits per heavy atom. The molecular weight excluding hydrogens is 330 g/mol. The molecule has 1 saturated carbocycles. The summed E-state index contributed by atoms with van der Waals surface area (Å²) in [6, 6.07) is 0. The Balaban J connectivity index is 3.32. The van der Waals surface area contributed by atoms with E-state index in [-0.39, 0.29) is 12.8 Å². The van der Waals surface area contributed by atoms with Gasteiger partial charge in [0.15, 0.2) is 0 Å². The van der Waals surface area contributed by atoms with Gasteiger partial charge in [0.25, 0.3) is 0 Å². The predicted molar refractivity (Wildman–Crippen MR) is 68.4 cm³/mol. The number of rotatable bonds is 3. The van der Waals surface area contributed by atoms with Gasteiger partial charge in [0, 0.05) is 5.92 Å². The number of hydrogen-bond donors (Lipinski definition) is 1. The van der Waals surface area contributed by atoms with Crippen LogP contribution in [0.1, 0.15) is 46.5 Å². The van der Waals surface area contributed by atoms with E-state index in [9.17, 15) is 36.2 Å². The van der Waals surface area contributed by atoms with Gasteiger partial charge in [-0.25, -0.2) is 0 Å². The van der Waals surface area contributed by atoms with Crippen LogP contribution in [0.15, 0.2) is 0 Å². The minimum atomic E-state index is -5.80. The first kappa shape index (κ1) is 20.1. The van der Waals surface area contributed by atoms with Crippen LogP contribution in [0.2, 0.25) is 0 Å². The lowest BCUT2D eigenvalue weighted by Crippen LogP contribution is -2.65. The van der Waals surface area contributed by atoms with E-state index in [2.05, 4.69) is 4.74 Å². The Morgan fingerprint density at radius 2 is 1.48 bits per heavy atom. The summed E-state index contributed by atoms with van der Waals surface area (Å²) in [7, 11) is 0. The molecular formula is C14H20F6O3. The van der Waals surface area contributed by atoms with Crippen LogP contribution >= 0.6 is 0 Å². The normalized spacial score (nSPS) is 27.2. The Labute approximate surface area is 130 Å². The van der Waals surface area contributed by atoms with Crippen molar-refractivity contribution < 1.29 is 41.0 Å². The zero-order valence-corrected chi connectivity index (χ0v) is 13.0. The third-order valence-electron chi connectivity index (χ3n) is 4.21. The summed E-state index contributed by atoms with van der Waals surface area (Å²) in [5, 5.41) is 9.76. The summed E-state index contributed by atoms with van der Waals surface area (Å²) < 4.78 is 84.5. The van der Waals surface area contributed by atoms with E-state index in [0.29, 0.717) is 0 Å². The molecule has 0 unspecified atom stereocenters.